The van der Waals surface area contributed by atoms with Crippen LogP contribution >= 0.6 is 24.8 Å². The van der Waals surface area contributed by atoms with Crippen LogP contribution in [-0.2, 0) is 4.79 Å². The number of amides is 1. The van der Waals surface area contributed by atoms with Crippen LogP contribution in [0.4, 0.5) is 5.82 Å². The van der Waals surface area contributed by atoms with E-state index in [1.807, 2.05) is 16.8 Å². The summed E-state index contributed by atoms with van der Waals surface area (Å²) in [6, 6.07) is 0.135. The second kappa shape index (κ2) is 8.16. The molecule has 10 heteroatoms. The van der Waals surface area contributed by atoms with Gasteiger partial charge >= 0.3 is 0 Å². The molecule has 3 heterocycles. The normalized spacial score (nSPS) is 19.0. The van der Waals surface area contributed by atoms with Crippen LogP contribution in [0.5, 0.6) is 0 Å². The van der Waals surface area contributed by atoms with Crippen molar-refractivity contribution in [2.75, 3.05) is 31.6 Å². The summed E-state index contributed by atoms with van der Waals surface area (Å²) < 4.78 is 0. The molecule has 1 fully saturated rings. The van der Waals surface area contributed by atoms with Gasteiger partial charge in [0.2, 0.25) is 5.91 Å². The number of halogens is 2. The predicted octanol–water partition coefficient (Wildman–Crippen LogP) is 1.22. The monoisotopic (exact) mass is 389 g/mol. The third kappa shape index (κ3) is 4.31. The van der Waals surface area contributed by atoms with Gasteiger partial charge in [-0.25, -0.2) is 15.0 Å². The van der Waals surface area contributed by atoms with Crippen molar-refractivity contribution in [2.45, 2.75) is 26.3 Å². The van der Waals surface area contributed by atoms with Gasteiger partial charge in [0, 0.05) is 26.2 Å². The van der Waals surface area contributed by atoms with Crippen LogP contribution in [0.2, 0.25) is 0 Å². The first-order valence-corrected chi connectivity index (χ1v) is 7.77. The molecule has 2 aromatic rings. The van der Waals surface area contributed by atoms with Crippen molar-refractivity contribution < 1.29 is 4.79 Å². The second-order valence-electron chi connectivity index (χ2n) is 6.85. The van der Waals surface area contributed by atoms with Crippen LogP contribution in [0, 0.1) is 5.41 Å². The van der Waals surface area contributed by atoms with E-state index >= 15 is 0 Å². The van der Waals surface area contributed by atoms with E-state index in [0.29, 0.717) is 24.6 Å². The summed E-state index contributed by atoms with van der Waals surface area (Å²) in [6.07, 6.45) is 3.87. The number of rotatable bonds is 3. The number of nitrogens with one attached hydrogen (secondary N) is 1. The number of likely N-dealkylation sites (N-methyl/N-ethyl adjacent to an activating group) is 1. The molecule has 1 aliphatic heterocycles. The lowest BCUT2D eigenvalue weighted by Crippen LogP contribution is -2.55. The van der Waals surface area contributed by atoms with Crippen LogP contribution in [-0.4, -0.2) is 63.5 Å². The lowest BCUT2D eigenvalue weighted by atomic mass is 9.79. The molecule has 1 aliphatic rings. The molecule has 0 bridgehead atoms. The number of nitrogens with two attached hydrogens (primary N) is 1. The van der Waals surface area contributed by atoms with Gasteiger partial charge in [-0.3, -0.25) is 4.79 Å². The quantitative estimate of drug-likeness (QED) is 0.817. The number of likely N-dealkylation sites (tertiary alicyclic amines) is 1. The van der Waals surface area contributed by atoms with E-state index in [-0.39, 0.29) is 48.7 Å². The lowest BCUT2D eigenvalue weighted by molar-refractivity contribution is -0.133. The fraction of sp³-hybridized carbons (Fsp3) is 0.600. The van der Waals surface area contributed by atoms with Gasteiger partial charge in [0.05, 0.1) is 12.9 Å². The number of fused-ring (bicyclic) bond motifs is 1. The number of carbonyl (C=O) groups excluding carboxylic acids is 1. The number of nitrogens with zero attached hydrogens (tertiary/aromatic N) is 5. The molecule has 0 saturated carbocycles. The average molecular weight is 390 g/mol. The van der Waals surface area contributed by atoms with E-state index in [1.165, 1.54) is 6.33 Å². The average Bonchev–Trinajstić information content (AvgIpc) is 2.98. The molecule has 2 aromatic heterocycles. The van der Waals surface area contributed by atoms with Crippen molar-refractivity contribution in [3.05, 3.63) is 12.7 Å². The lowest BCUT2D eigenvalue weighted by Gasteiger charge is -2.43. The predicted molar refractivity (Wildman–Crippen MR) is 102 cm³/mol. The molecular weight excluding hydrogens is 365 g/mol. The number of H-pyrrole nitrogens is 1. The first-order valence-electron chi connectivity index (χ1n) is 7.77. The second-order valence-corrected chi connectivity index (χ2v) is 6.85. The SMILES string of the molecule is CN(CC(=O)N1CCC(N)C(C)(C)C1)c1ncnc2nc[nH]c12.Cl.Cl. The van der Waals surface area contributed by atoms with Crippen molar-refractivity contribution in [1.29, 1.82) is 0 Å². The highest BCUT2D eigenvalue weighted by atomic mass is 35.5. The summed E-state index contributed by atoms with van der Waals surface area (Å²) in [7, 11) is 1.85. The molecule has 0 radical (unpaired) electrons. The number of piperidine rings is 1. The topological polar surface area (TPSA) is 104 Å². The number of hydrogen-bond donors (Lipinski definition) is 2. The maximum Gasteiger partial charge on any atom is 0.242 e. The van der Waals surface area contributed by atoms with E-state index in [1.54, 1.807) is 6.33 Å². The third-order valence-corrected chi connectivity index (χ3v) is 4.60. The highest BCUT2D eigenvalue weighted by Gasteiger charge is 2.35. The van der Waals surface area contributed by atoms with Crippen LogP contribution in [0.1, 0.15) is 20.3 Å². The van der Waals surface area contributed by atoms with Crippen LogP contribution < -0.4 is 10.6 Å². The zero-order valence-electron chi connectivity index (χ0n) is 14.6. The maximum absolute atomic E-state index is 12.6. The molecule has 1 atom stereocenters. The number of aromatic nitrogens is 4. The summed E-state index contributed by atoms with van der Waals surface area (Å²) in [6.45, 7) is 5.87. The third-order valence-electron chi connectivity index (χ3n) is 4.60. The summed E-state index contributed by atoms with van der Waals surface area (Å²) >= 11 is 0. The highest BCUT2D eigenvalue weighted by Crippen LogP contribution is 2.28. The summed E-state index contributed by atoms with van der Waals surface area (Å²) in [4.78, 5) is 31.8. The smallest absolute Gasteiger partial charge is 0.242 e. The summed E-state index contributed by atoms with van der Waals surface area (Å²) in [5.41, 5.74) is 7.42. The first-order chi connectivity index (χ1) is 10.9. The van der Waals surface area contributed by atoms with Gasteiger partial charge in [-0.05, 0) is 11.8 Å². The van der Waals surface area contributed by atoms with Crippen molar-refractivity contribution >= 4 is 47.7 Å². The molecular formula is C15H25Cl2N7O. The molecule has 140 valence electrons. The largest absolute Gasteiger partial charge is 0.348 e. The minimum Gasteiger partial charge on any atom is -0.348 e. The number of imidazole rings is 1. The molecule has 0 aliphatic carbocycles. The Kier molecular flexibility index (Phi) is 6.99. The van der Waals surface area contributed by atoms with E-state index < -0.39 is 0 Å². The molecule has 3 rings (SSSR count). The van der Waals surface area contributed by atoms with Crippen LogP contribution in [0.15, 0.2) is 12.7 Å². The molecule has 8 nitrogen and oxygen atoms in total. The van der Waals surface area contributed by atoms with E-state index in [2.05, 4.69) is 33.8 Å². The van der Waals surface area contributed by atoms with Gasteiger partial charge in [0.1, 0.15) is 11.8 Å². The Labute approximate surface area is 159 Å². The van der Waals surface area contributed by atoms with E-state index in [4.69, 9.17) is 5.73 Å². The zero-order chi connectivity index (χ0) is 16.6. The van der Waals surface area contributed by atoms with E-state index in [0.717, 1.165) is 11.9 Å². The van der Waals surface area contributed by atoms with Gasteiger partial charge in [0.25, 0.3) is 0 Å². The maximum atomic E-state index is 12.6. The van der Waals surface area contributed by atoms with Gasteiger partial charge in [0.15, 0.2) is 11.5 Å². The molecule has 1 amide bonds. The Morgan fingerprint density at radius 1 is 1.40 bits per heavy atom. The van der Waals surface area contributed by atoms with E-state index in [9.17, 15) is 4.79 Å². The molecule has 25 heavy (non-hydrogen) atoms. The Morgan fingerprint density at radius 2 is 2.12 bits per heavy atom. The first kappa shape index (κ1) is 21.4. The minimum atomic E-state index is -0.0575. The minimum absolute atomic E-state index is 0. The Hall–Kier alpha value is -1.64. The number of aromatic amines is 1. The van der Waals surface area contributed by atoms with Crippen molar-refractivity contribution in [3.63, 3.8) is 0 Å². The molecule has 1 unspecified atom stereocenters. The Morgan fingerprint density at radius 3 is 2.80 bits per heavy atom. The highest BCUT2D eigenvalue weighted by molar-refractivity contribution is 5.87. The van der Waals surface area contributed by atoms with Gasteiger partial charge in [-0.15, -0.1) is 24.8 Å². The zero-order valence-corrected chi connectivity index (χ0v) is 16.2. The number of anilines is 1. The molecule has 0 aromatic carbocycles. The van der Waals surface area contributed by atoms with Gasteiger partial charge < -0.3 is 20.5 Å². The molecule has 3 N–H and O–H groups in total. The van der Waals surface area contributed by atoms with Gasteiger partial charge in [-0.1, -0.05) is 13.8 Å². The summed E-state index contributed by atoms with van der Waals surface area (Å²) in [5.74, 6) is 0.757. The van der Waals surface area contributed by atoms with Crippen LogP contribution in [0.25, 0.3) is 11.2 Å². The molecule has 1 saturated heterocycles. The Bertz CT molecular complexity index is 721. The fourth-order valence-electron chi connectivity index (χ4n) is 3.01. The van der Waals surface area contributed by atoms with Crippen molar-refractivity contribution in [1.82, 2.24) is 24.8 Å². The number of hydrogen-bond acceptors (Lipinski definition) is 6. The number of carbonyl (C=O) groups is 1. The van der Waals surface area contributed by atoms with Crippen molar-refractivity contribution in [3.8, 4) is 0 Å². The summed E-state index contributed by atoms with van der Waals surface area (Å²) in [5, 5.41) is 0. The standard InChI is InChI=1S/C15H23N7O.2ClH/c1-15(2)7-22(5-4-10(15)16)11(23)6-21(3)14-12-13(18-8-17-12)19-9-20-14;;/h8-10H,4-7,16H2,1-3H3,(H,17,18,19,20);2*1H. The van der Waals surface area contributed by atoms with Gasteiger partial charge in [-0.2, -0.15) is 0 Å². The van der Waals surface area contributed by atoms with Crippen molar-refractivity contribution in [2.24, 2.45) is 11.1 Å². The Balaban J connectivity index is 0.00000156. The fourth-order valence-corrected chi connectivity index (χ4v) is 3.01. The molecule has 0 spiro atoms. The van der Waals surface area contributed by atoms with Crippen LogP contribution in [0.3, 0.4) is 0 Å².